The number of rotatable bonds is 6. The molecule has 0 aliphatic heterocycles. The van der Waals surface area contributed by atoms with E-state index in [9.17, 15) is 0 Å². The second-order valence-electron chi connectivity index (χ2n) is 8.77. The van der Waals surface area contributed by atoms with E-state index in [0.717, 1.165) is 11.5 Å². The van der Waals surface area contributed by atoms with Crippen molar-refractivity contribution in [2.24, 2.45) is 11.5 Å². The molecule has 31 heavy (non-hydrogen) atoms. The molecular weight excluding hydrogens is 384 g/mol. The molecule has 0 bridgehead atoms. The molecule has 2 aliphatic rings. The van der Waals surface area contributed by atoms with Crippen molar-refractivity contribution in [3.05, 3.63) is 108 Å². The van der Waals surface area contributed by atoms with E-state index in [4.69, 9.17) is 20.9 Å². The first kappa shape index (κ1) is 21.2. The quantitative estimate of drug-likeness (QED) is 0.644. The van der Waals surface area contributed by atoms with Crippen LogP contribution >= 0.6 is 0 Å². The van der Waals surface area contributed by atoms with Crippen LogP contribution in [0.15, 0.2) is 97.1 Å². The van der Waals surface area contributed by atoms with Gasteiger partial charge in [-0.2, -0.15) is 0 Å². The molecule has 4 nitrogen and oxygen atoms in total. The lowest BCUT2D eigenvalue weighted by molar-refractivity contribution is 0.129. The molecule has 0 saturated heterocycles. The van der Waals surface area contributed by atoms with E-state index in [2.05, 4.69) is 38.1 Å². The summed E-state index contributed by atoms with van der Waals surface area (Å²) >= 11 is 0. The summed E-state index contributed by atoms with van der Waals surface area (Å²) < 4.78 is 12.0. The number of ether oxygens (including phenoxy) is 2. The predicted molar refractivity (Wildman–Crippen MR) is 126 cm³/mol. The summed E-state index contributed by atoms with van der Waals surface area (Å²) in [5.41, 5.74) is 13.2. The highest BCUT2D eigenvalue weighted by Crippen LogP contribution is 2.34. The van der Waals surface area contributed by atoms with Gasteiger partial charge in [0.05, 0.1) is 0 Å². The Kier molecular flexibility index (Phi) is 5.61. The first-order chi connectivity index (χ1) is 14.8. The molecule has 0 spiro atoms. The van der Waals surface area contributed by atoms with Gasteiger partial charge in [-0.3, -0.25) is 11.5 Å². The van der Waals surface area contributed by atoms with E-state index in [1.54, 1.807) is 0 Å². The zero-order valence-corrected chi connectivity index (χ0v) is 18.1. The summed E-state index contributed by atoms with van der Waals surface area (Å²) in [6.45, 7) is 4.41. The van der Waals surface area contributed by atoms with E-state index in [-0.39, 0.29) is 5.41 Å². The van der Waals surface area contributed by atoms with Gasteiger partial charge in [0, 0.05) is 18.3 Å². The molecule has 0 heterocycles. The second kappa shape index (κ2) is 8.22. The van der Waals surface area contributed by atoms with Crippen LogP contribution in [0.5, 0.6) is 11.5 Å². The van der Waals surface area contributed by atoms with Crippen molar-refractivity contribution in [1.29, 1.82) is 0 Å². The predicted octanol–water partition coefficient (Wildman–Crippen LogP) is 5.11. The van der Waals surface area contributed by atoms with Gasteiger partial charge in [-0.15, -0.1) is 0 Å². The minimum absolute atomic E-state index is 0.182. The van der Waals surface area contributed by atoms with Crippen molar-refractivity contribution in [2.45, 2.75) is 43.6 Å². The number of allylic oxidation sites excluding steroid dienone is 4. The number of hydrogen-bond donors (Lipinski definition) is 2. The molecule has 160 valence electrons. The van der Waals surface area contributed by atoms with E-state index in [0.29, 0.717) is 12.8 Å². The van der Waals surface area contributed by atoms with Crippen molar-refractivity contribution >= 4 is 0 Å². The fourth-order valence-corrected chi connectivity index (χ4v) is 3.87. The molecular formula is C27H30N2O2. The Labute approximate surface area is 184 Å². The zero-order chi connectivity index (χ0) is 22.0. The van der Waals surface area contributed by atoms with Crippen LogP contribution in [0.1, 0.15) is 37.8 Å². The van der Waals surface area contributed by atoms with Crippen molar-refractivity contribution in [1.82, 2.24) is 0 Å². The lowest BCUT2D eigenvalue weighted by Gasteiger charge is -2.30. The first-order valence-electron chi connectivity index (χ1n) is 10.6. The average Bonchev–Trinajstić information content (AvgIpc) is 2.75. The molecule has 0 amide bonds. The third-order valence-corrected chi connectivity index (χ3v) is 5.89. The lowest BCUT2D eigenvalue weighted by atomic mass is 9.78. The van der Waals surface area contributed by atoms with Crippen LogP contribution in [-0.4, -0.2) is 11.4 Å². The Morgan fingerprint density at radius 2 is 1.03 bits per heavy atom. The molecule has 4 rings (SSSR count). The molecule has 2 unspecified atom stereocenters. The summed E-state index contributed by atoms with van der Waals surface area (Å²) in [5, 5.41) is 0. The van der Waals surface area contributed by atoms with E-state index >= 15 is 0 Å². The molecule has 4 heteroatoms. The Balaban J connectivity index is 1.46. The zero-order valence-electron chi connectivity index (χ0n) is 18.1. The third-order valence-electron chi connectivity index (χ3n) is 5.89. The fourth-order valence-electron chi connectivity index (χ4n) is 3.87. The van der Waals surface area contributed by atoms with E-state index in [1.165, 1.54) is 11.1 Å². The normalized spacial score (nSPS) is 24.9. The summed E-state index contributed by atoms with van der Waals surface area (Å²) in [6, 6.07) is 16.3. The van der Waals surface area contributed by atoms with Crippen molar-refractivity contribution < 1.29 is 9.47 Å². The largest absolute Gasteiger partial charge is 0.469 e. The Bertz CT molecular complexity index is 948. The molecule has 0 aromatic heterocycles. The molecule has 0 radical (unpaired) electrons. The van der Waals surface area contributed by atoms with Crippen LogP contribution in [-0.2, 0) is 5.41 Å². The maximum Gasteiger partial charge on any atom is 0.181 e. The van der Waals surface area contributed by atoms with Gasteiger partial charge in [-0.05, 0) is 47.5 Å². The molecule has 2 aromatic rings. The number of benzene rings is 2. The molecule has 2 aromatic carbocycles. The van der Waals surface area contributed by atoms with Crippen LogP contribution < -0.4 is 20.9 Å². The summed E-state index contributed by atoms with van der Waals surface area (Å²) in [7, 11) is 0. The van der Waals surface area contributed by atoms with E-state index < -0.39 is 11.4 Å². The SMILES string of the molecule is CC(C)(c1ccc(OC2(N)C=CC=CC2)cc1)c1ccc(OC2(N)C=CC=CC2)cc1. The van der Waals surface area contributed by atoms with Gasteiger partial charge in [0.2, 0.25) is 0 Å². The van der Waals surface area contributed by atoms with Crippen molar-refractivity contribution in [3.8, 4) is 11.5 Å². The second-order valence-corrected chi connectivity index (χ2v) is 8.77. The van der Waals surface area contributed by atoms with Crippen LogP contribution in [0.25, 0.3) is 0 Å². The highest BCUT2D eigenvalue weighted by Gasteiger charge is 2.27. The summed E-state index contributed by atoms with van der Waals surface area (Å²) in [6.07, 6.45) is 16.9. The van der Waals surface area contributed by atoms with Gasteiger partial charge in [0.25, 0.3) is 0 Å². The highest BCUT2D eigenvalue weighted by molar-refractivity contribution is 5.42. The minimum atomic E-state index is -0.786. The van der Waals surface area contributed by atoms with Crippen LogP contribution in [0.2, 0.25) is 0 Å². The van der Waals surface area contributed by atoms with Gasteiger partial charge >= 0.3 is 0 Å². The van der Waals surface area contributed by atoms with Crippen LogP contribution in [0.3, 0.4) is 0 Å². The van der Waals surface area contributed by atoms with Gasteiger partial charge in [0.1, 0.15) is 11.5 Å². The first-order valence-corrected chi connectivity index (χ1v) is 10.6. The van der Waals surface area contributed by atoms with Gasteiger partial charge < -0.3 is 9.47 Å². The number of hydrogen-bond acceptors (Lipinski definition) is 4. The topological polar surface area (TPSA) is 70.5 Å². The molecule has 2 aliphatic carbocycles. The number of nitrogens with two attached hydrogens (primary N) is 2. The van der Waals surface area contributed by atoms with Gasteiger partial charge in [0.15, 0.2) is 11.4 Å². The Morgan fingerprint density at radius 1 is 0.645 bits per heavy atom. The maximum atomic E-state index is 6.31. The fraction of sp³-hybridized carbons (Fsp3) is 0.259. The third kappa shape index (κ3) is 4.82. The van der Waals surface area contributed by atoms with Crippen molar-refractivity contribution in [2.75, 3.05) is 0 Å². The highest BCUT2D eigenvalue weighted by atomic mass is 16.5. The smallest absolute Gasteiger partial charge is 0.181 e. The van der Waals surface area contributed by atoms with Gasteiger partial charge in [-0.25, -0.2) is 0 Å². The monoisotopic (exact) mass is 414 g/mol. The standard InChI is InChI=1S/C27H30N2O2/c1-25(2,21-9-13-23(14-10-21)30-26(28)17-5-3-6-18-26)22-11-15-24(16-12-22)31-27(29)19-7-4-8-20-27/h3-17,19H,18,20,28-29H2,1-2H3. The van der Waals surface area contributed by atoms with Crippen LogP contribution in [0, 0.1) is 0 Å². The maximum absolute atomic E-state index is 6.31. The molecule has 4 N–H and O–H groups in total. The lowest BCUT2D eigenvalue weighted by Crippen LogP contribution is -2.44. The van der Waals surface area contributed by atoms with E-state index in [1.807, 2.05) is 72.9 Å². The minimum Gasteiger partial charge on any atom is -0.469 e. The Morgan fingerprint density at radius 3 is 1.35 bits per heavy atom. The van der Waals surface area contributed by atoms with Crippen LogP contribution in [0.4, 0.5) is 0 Å². The molecule has 0 fully saturated rings. The molecule has 2 atom stereocenters. The van der Waals surface area contributed by atoms with Crippen molar-refractivity contribution in [3.63, 3.8) is 0 Å². The summed E-state index contributed by atoms with van der Waals surface area (Å²) in [4.78, 5) is 0. The molecule has 0 saturated carbocycles. The van der Waals surface area contributed by atoms with Gasteiger partial charge in [-0.1, -0.05) is 74.6 Å². The summed E-state index contributed by atoms with van der Waals surface area (Å²) in [5.74, 6) is 1.52. The Hall–Kier alpha value is -3.08. The average molecular weight is 415 g/mol.